The largest absolute Gasteiger partial charge is 0.491 e. The van der Waals surface area contributed by atoms with Crippen molar-refractivity contribution >= 4 is 0 Å². The molecule has 0 spiro atoms. The maximum Gasteiger partial charge on any atom is 0.119 e. The van der Waals surface area contributed by atoms with Gasteiger partial charge in [0.1, 0.15) is 18.5 Å². The van der Waals surface area contributed by atoms with Gasteiger partial charge in [-0.1, -0.05) is 18.2 Å². The normalized spacial score (nSPS) is 21.5. The van der Waals surface area contributed by atoms with E-state index in [2.05, 4.69) is 17.3 Å². The highest BCUT2D eigenvalue weighted by atomic mass is 16.5. The molecule has 1 fully saturated rings. The fourth-order valence-electron chi connectivity index (χ4n) is 2.42. The third kappa shape index (κ3) is 4.82. The van der Waals surface area contributed by atoms with Crippen molar-refractivity contribution in [3.05, 3.63) is 30.3 Å². The second-order valence-electron chi connectivity index (χ2n) is 5.21. The number of aliphatic hydroxyl groups excluding tert-OH is 1. The number of para-hydroxylation sites is 1. The van der Waals surface area contributed by atoms with Gasteiger partial charge in [0.05, 0.1) is 0 Å². The molecule has 0 saturated carbocycles. The summed E-state index contributed by atoms with van der Waals surface area (Å²) in [5, 5.41) is 13.2. The second-order valence-corrected chi connectivity index (χ2v) is 5.21. The number of nitrogens with one attached hydrogen (secondary N) is 1. The summed E-state index contributed by atoms with van der Waals surface area (Å²) in [6, 6.07) is 10.2. The lowest BCUT2D eigenvalue weighted by molar-refractivity contribution is 0.105. The Morgan fingerprint density at radius 2 is 2.21 bits per heavy atom. The molecule has 0 aliphatic carbocycles. The molecule has 0 aromatic heterocycles. The molecule has 0 radical (unpaired) electrons. The van der Waals surface area contributed by atoms with Crippen LogP contribution in [0.4, 0.5) is 0 Å². The first-order valence-electron chi connectivity index (χ1n) is 7.02. The van der Waals surface area contributed by atoms with Crippen LogP contribution in [0.1, 0.15) is 12.8 Å². The van der Waals surface area contributed by atoms with Crippen molar-refractivity contribution in [3.63, 3.8) is 0 Å². The van der Waals surface area contributed by atoms with Crippen LogP contribution >= 0.6 is 0 Å². The molecular weight excluding hydrogens is 240 g/mol. The van der Waals surface area contributed by atoms with E-state index in [9.17, 15) is 5.11 Å². The van der Waals surface area contributed by atoms with Gasteiger partial charge in [-0.2, -0.15) is 0 Å². The van der Waals surface area contributed by atoms with Crippen LogP contribution in [0.25, 0.3) is 0 Å². The first-order chi connectivity index (χ1) is 9.25. The van der Waals surface area contributed by atoms with Crippen LogP contribution in [-0.2, 0) is 0 Å². The predicted octanol–water partition coefficient (Wildman–Crippen LogP) is 1.11. The Morgan fingerprint density at radius 3 is 2.89 bits per heavy atom. The molecule has 106 valence electrons. The van der Waals surface area contributed by atoms with E-state index in [1.165, 1.54) is 19.4 Å². The van der Waals surface area contributed by atoms with E-state index in [1.54, 1.807) is 0 Å². The van der Waals surface area contributed by atoms with Gasteiger partial charge >= 0.3 is 0 Å². The third-order valence-corrected chi connectivity index (χ3v) is 3.62. The molecule has 1 saturated heterocycles. The quantitative estimate of drug-likeness (QED) is 0.774. The van der Waals surface area contributed by atoms with E-state index in [1.807, 2.05) is 30.3 Å². The van der Waals surface area contributed by atoms with Gasteiger partial charge in [-0.25, -0.2) is 0 Å². The van der Waals surface area contributed by atoms with Gasteiger partial charge in [-0.3, -0.25) is 0 Å². The molecule has 1 aliphatic rings. The summed E-state index contributed by atoms with van der Waals surface area (Å²) in [5.74, 6) is 0.803. The number of rotatable bonds is 7. The number of benzene rings is 1. The summed E-state index contributed by atoms with van der Waals surface area (Å²) in [6.07, 6.45) is 2.06. The number of ether oxygens (including phenoxy) is 1. The van der Waals surface area contributed by atoms with E-state index < -0.39 is 6.10 Å². The molecular formula is C15H24N2O2. The smallest absolute Gasteiger partial charge is 0.119 e. The minimum atomic E-state index is -0.466. The average molecular weight is 264 g/mol. The number of likely N-dealkylation sites (tertiary alicyclic amines) is 1. The fraction of sp³-hybridized carbons (Fsp3) is 0.600. The molecule has 0 amide bonds. The highest BCUT2D eigenvalue weighted by molar-refractivity contribution is 5.20. The maximum atomic E-state index is 9.85. The lowest BCUT2D eigenvalue weighted by Gasteiger charge is -2.21. The van der Waals surface area contributed by atoms with Gasteiger partial charge in [0.25, 0.3) is 0 Å². The molecule has 2 unspecified atom stereocenters. The highest BCUT2D eigenvalue weighted by Crippen LogP contribution is 2.13. The fourth-order valence-corrected chi connectivity index (χ4v) is 2.42. The molecule has 1 aromatic carbocycles. The Hall–Kier alpha value is -1.10. The molecule has 4 heteroatoms. The SMILES string of the molecule is CN1CCCC1CNCC(O)COc1ccccc1. The molecule has 4 nitrogen and oxygen atoms in total. The Kier molecular flexibility index (Phi) is 5.63. The van der Waals surface area contributed by atoms with Crippen LogP contribution in [0, 0.1) is 0 Å². The van der Waals surface area contributed by atoms with E-state index in [-0.39, 0.29) is 0 Å². The Balaban J connectivity index is 1.58. The summed E-state index contributed by atoms with van der Waals surface area (Å²) in [7, 11) is 2.16. The maximum absolute atomic E-state index is 9.85. The molecule has 2 N–H and O–H groups in total. The summed E-state index contributed by atoms with van der Waals surface area (Å²) >= 11 is 0. The molecule has 2 rings (SSSR count). The first-order valence-corrected chi connectivity index (χ1v) is 7.02. The van der Waals surface area contributed by atoms with Gasteiger partial charge in [-0.15, -0.1) is 0 Å². The molecule has 1 aromatic rings. The topological polar surface area (TPSA) is 44.7 Å². The van der Waals surface area contributed by atoms with Crippen molar-refractivity contribution in [1.82, 2.24) is 10.2 Å². The monoisotopic (exact) mass is 264 g/mol. The number of hydrogen-bond donors (Lipinski definition) is 2. The van der Waals surface area contributed by atoms with Crippen LogP contribution in [0.2, 0.25) is 0 Å². The van der Waals surface area contributed by atoms with Crippen LogP contribution in [0.3, 0.4) is 0 Å². The van der Waals surface area contributed by atoms with Gasteiger partial charge in [0.2, 0.25) is 0 Å². The zero-order chi connectivity index (χ0) is 13.5. The van der Waals surface area contributed by atoms with E-state index in [4.69, 9.17) is 4.74 Å². The zero-order valence-corrected chi connectivity index (χ0v) is 11.6. The summed E-state index contributed by atoms with van der Waals surface area (Å²) in [4.78, 5) is 2.37. The number of likely N-dealkylation sites (N-methyl/N-ethyl adjacent to an activating group) is 1. The molecule has 19 heavy (non-hydrogen) atoms. The molecule has 1 heterocycles. The molecule has 1 aliphatic heterocycles. The van der Waals surface area contributed by atoms with Crippen molar-refractivity contribution in [2.45, 2.75) is 25.0 Å². The van der Waals surface area contributed by atoms with Crippen molar-refractivity contribution < 1.29 is 9.84 Å². The van der Waals surface area contributed by atoms with Crippen LogP contribution in [-0.4, -0.2) is 55.4 Å². The number of aliphatic hydroxyl groups is 1. The Bertz CT molecular complexity index is 358. The predicted molar refractivity (Wildman–Crippen MR) is 76.5 cm³/mol. The van der Waals surface area contributed by atoms with E-state index in [0.717, 1.165) is 12.3 Å². The van der Waals surface area contributed by atoms with E-state index in [0.29, 0.717) is 19.2 Å². The van der Waals surface area contributed by atoms with Crippen molar-refractivity contribution in [2.75, 3.05) is 33.3 Å². The highest BCUT2D eigenvalue weighted by Gasteiger charge is 2.20. The number of nitrogens with zero attached hydrogens (tertiary/aromatic N) is 1. The summed E-state index contributed by atoms with van der Waals surface area (Å²) < 4.78 is 5.51. The lowest BCUT2D eigenvalue weighted by atomic mass is 10.2. The minimum Gasteiger partial charge on any atom is -0.491 e. The van der Waals surface area contributed by atoms with Gasteiger partial charge in [0, 0.05) is 19.1 Å². The summed E-state index contributed by atoms with van der Waals surface area (Å²) in [6.45, 7) is 3.04. The van der Waals surface area contributed by atoms with Crippen LogP contribution in [0.5, 0.6) is 5.75 Å². The second kappa shape index (κ2) is 7.48. The zero-order valence-electron chi connectivity index (χ0n) is 11.6. The van der Waals surface area contributed by atoms with Crippen molar-refractivity contribution in [2.24, 2.45) is 0 Å². The minimum absolute atomic E-state index is 0.331. The van der Waals surface area contributed by atoms with Gasteiger partial charge in [-0.05, 0) is 38.6 Å². The standard InChI is InChI=1S/C15H24N2O2/c1-17-9-5-6-13(17)10-16-11-14(18)12-19-15-7-3-2-4-8-15/h2-4,7-8,13-14,16,18H,5-6,9-12H2,1H3. The first kappa shape index (κ1) is 14.3. The third-order valence-electron chi connectivity index (χ3n) is 3.62. The lowest BCUT2D eigenvalue weighted by Crippen LogP contribution is -2.39. The van der Waals surface area contributed by atoms with Crippen molar-refractivity contribution in [3.8, 4) is 5.75 Å². The Labute approximate surface area is 115 Å². The number of hydrogen-bond acceptors (Lipinski definition) is 4. The summed E-state index contributed by atoms with van der Waals surface area (Å²) in [5.41, 5.74) is 0. The molecule has 0 bridgehead atoms. The van der Waals surface area contributed by atoms with E-state index >= 15 is 0 Å². The average Bonchev–Trinajstić information content (AvgIpc) is 2.83. The van der Waals surface area contributed by atoms with Crippen molar-refractivity contribution in [1.29, 1.82) is 0 Å². The molecule has 2 atom stereocenters. The van der Waals surface area contributed by atoms with Gasteiger partial charge in [0.15, 0.2) is 0 Å². The van der Waals surface area contributed by atoms with Gasteiger partial charge < -0.3 is 20.1 Å². The van der Waals surface area contributed by atoms with Crippen LogP contribution in [0.15, 0.2) is 30.3 Å². The Morgan fingerprint density at radius 1 is 1.42 bits per heavy atom. The van der Waals surface area contributed by atoms with Crippen LogP contribution < -0.4 is 10.1 Å².